The standard InChI is InChI=1S/C15H15F3N2O2/c16-15(17,18)9-1-3-11(4-2-9)20-6-5-10(8-20)14(13(19)22)7-12(14)21/h1-4,10H,5-8H2,(H2,19,22)/t10?,14-/m0/s1. The van der Waals surface area contributed by atoms with Gasteiger partial charge in [0.1, 0.15) is 5.41 Å². The minimum atomic E-state index is -4.36. The van der Waals surface area contributed by atoms with Crippen molar-refractivity contribution in [1.82, 2.24) is 0 Å². The summed E-state index contributed by atoms with van der Waals surface area (Å²) in [6.45, 7) is 1.05. The van der Waals surface area contributed by atoms with Crippen LogP contribution in [-0.4, -0.2) is 24.8 Å². The molecule has 4 nitrogen and oxygen atoms in total. The van der Waals surface area contributed by atoms with Crippen molar-refractivity contribution in [2.75, 3.05) is 18.0 Å². The Morgan fingerprint density at radius 2 is 1.86 bits per heavy atom. The first-order valence-corrected chi connectivity index (χ1v) is 7.00. The summed E-state index contributed by atoms with van der Waals surface area (Å²) in [5.41, 5.74) is 4.27. The van der Waals surface area contributed by atoms with E-state index in [1.807, 2.05) is 4.90 Å². The molecule has 1 amide bonds. The van der Waals surface area contributed by atoms with Crippen LogP contribution in [0.4, 0.5) is 18.9 Å². The zero-order valence-corrected chi connectivity index (χ0v) is 11.7. The minimum absolute atomic E-state index is 0.126. The lowest BCUT2D eigenvalue weighted by Gasteiger charge is -2.21. The average Bonchev–Trinajstić information content (AvgIpc) is 2.93. The van der Waals surface area contributed by atoms with E-state index in [1.54, 1.807) is 0 Å². The number of carbonyl (C=O) groups is 2. The Kier molecular flexibility index (Phi) is 3.19. The number of nitrogens with zero attached hydrogens (tertiary/aromatic N) is 1. The number of alkyl halides is 3. The fourth-order valence-electron chi connectivity index (χ4n) is 3.27. The van der Waals surface area contributed by atoms with Gasteiger partial charge in [-0.15, -0.1) is 0 Å². The van der Waals surface area contributed by atoms with Crippen LogP contribution >= 0.6 is 0 Å². The molecule has 1 aromatic carbocycles. The number of primary amides is 1. The number of benzene rings is 1. The lowest BCUT2D eigenvalue weighted by molar-refractivity contribution is -0.137. The second-order valence-electron chi connectivity index (χ2n) is 5.91. The summed E-state index contributed by atoms with van der Waals surface area (Å²) in [5, 5.41) is 0. The normalized spacial score (nSPS) is 28.0. The van der Waals surface area contributed by atoms with E-state index in [1.165, 1.54) is 12.1 Å². The quantitative estimate of drug-likeness (QED) is 0.868. The van der Waals surface area contributed by atoms with E-state index in [4.69, 9.17) is 5.73 Å². The van der Waals surface area contributed by atoms with Crippen molar-refractivity contribution < 1.29 is 22.8 Å². The van der Waals surface area contributed by atoms with Gasteiger partial charge in [0.2, 0.25) is 5.91 Å². The molecule has 0 bridgehead atoms. The number of rotatable bonds is 3. The van der Waals surface area contributed by atoms with E-state index in [0.717, 1.165) is 12.1 Å². The maximum atomic E-state index is 12.6. The van der Waals surface area contributed by atoms with Crippen LogP contribution < -0.4 is 10.6 Å². The summed E-state index contributed by atoms with van der Waals surface area (Å²) in [6, 6.07) is 4.90. The van der Waals surface area contributed by atoms with Gasteiger partial charge in [-0.05, 0) is 36.6 Å². The Morgan fingerprint density at radius 1 is 1.27 bits per heavy atom. The molecule has 22 heavy (non-hydrogen) atoms. The third-order valence-electron chi connectivity index (χ3n) is 4.70. The lowest BCUT2D eigenvalue weighted by atomic mass is 9.87. The average molecular weight is 312 g/mol. The van der Waals surface area contributed by atoms with Crippen LogP contribution in [0, 0.1) is 11.3 Å². The molecule has 1 aliphatic heterocycles. The van der Waals surface area contributed by atoms with Crippen molar-refractivity contribution in [3.05, 3.63) is 29.8 Å². The zero-order chi connectivity index (χ0) is 16.1. The Morgan fingerprint density at radius 3 is 2.32 bits per heavy atom. The van der Waals surface area contributed by atoms with Crippen LogP contribution in [0.5, 0.6) is 0 Å². The van der Waals surface area contributed by atoms with Gasteiger partial charge in [-0.1, -0.05) is 0 Å². The Hall–Kier alpha value is -2.05. The van der Waals surface area contributed by atoms with E-state index in [9.17, 15) is 22.8 Å². The maximum absolute atomic E-state index is 12.6. The second kappa shape index (κ2) is 4.72. The summed E-state index contributed by atoms with van der Waals surface area (Å²) in [7, 11) is 0. The highest BCUT2D eigenvalue weighted by Gasteiger charge is 2.64. The second-order valence-corrected chi connectivity index (χ2v) is 5.91. The number of ketones is 1. The van der Waals surface area contributed by atoms with Crippen LogP contribution in [-0.2, 0) is 15.8 Å². The number of nitrogens with two attached hydrogens (primary N) is 1. The summed E-state index contributed by atoms with van der Waals surface area (Å²) in [5.74, 6) is -0.865. The van der Waals surface area contributed by atoms with Crippen molar-refractivity contribution in [2.45, 2.75) is 19.0 Å². The maximum Gasteiger partial charge on any atom is 0.416 e. The molecule has 2 N–H and O–H groups in total. The van der Waals surface area contributed by atoms with Gasteiger partial charge in [0.25, 0.3) is 0 Å². The molecule has 1 unspecified atom stereocenters. The van der Waals surface area contributed by atoms with Crippen LogP contribution in [0.15, 0.2) is 24.3 Å². The van der Waals surface area contributed by atoms with E-state index < -0.39 is 23.1 Å². The van der Waals surface area contributed by atoms with Crippen molar-refractivity contribution in [2.24, 2.45) is 17.1 Å². The summed E-state index contributed by atoms with van der Waals surface area (Å²) in [4.78, 5) is 25.0. The molecule has 1 saturated carbocycles. The highest BCUT2D eigenvalue weighted by molar-refractivity contribution is 6.19. The molecule has 2 atom stereocenters. The molecule has 3 rings (SSSR count). The van der Waals surface area contributed by atoms with Gasteiger partial charge in [-0.25, -0.2) is 0 Å². The first-order valence-electron chi connectivity index (χ1n) is 7.00. The van der Waals surface area contributed by atoms with Crippen LogP contribution in [0.2, 0.25) is 0 Å². The predicted octanol–water partition coefficient (Wildman–Crippen LogP) is 1.98. The molecule has 0 spiro atoms. The van der Waals surface area contributed by atoms with Crippen molar-refractivity contribution in [1.29, 1.82) is 0 Å². The van der Waals surface area contributed by atoms with Crippen molar-refractivity contribution >= 4 is 17.4 Å². The number of Topliss-reactive ketones (excluding diaryl/α,β-unsaturated/α-hetero) is 1. The number of halogens is 3. The number of amides is 1. The zero-order valence-electron chi connectivity index (χ0n) is 11.7. The van der Waals surface area contributed by atoms with E-state index in [2.05, 4.69) is 0 Å². The number of carbonyl (C=O) groups excluding carboxylic acids is 2. The van der Waals surface area contributed by atoms with Crippen molar-refractivity contribution in [3.8, 4) is 0 Å². The molecule has 0 aromatic heterocycles. The Labute approximate surface area is 125 Å². The molecule has 1 heterocycles. The molecular weight excluding hydrogens is 297 g/mol. The number of hydrogen-bond donors (Lipinski definition) is 1. The molecule has 118 valence electrons. The SMILES string of the molecule is NC(=O)[C@]1(C2CCN(c3ccc(C(F)(F)F)cc3)C2)CC1=O. The van der Waals surface area contributed by atoms with E-state index in [0.29, 0.717) is 25.2 Å². The monoisotopic (exact) mass is 312 g/mol. The molecular formula is C15H15F3N2O2. The van der Waals surface area contributed by atoms with Crippen LogP contribution in [0.25, 0.3) is 0 Å². The molecule has 2 aliphatic rings. The first kappa shape index (κ1) is 14.9. The van der Waals surface area contributed by atoms with E-state index in [-0.39, 0.29) is 18.1 Å². The number of anilines is 1. The van der Waals surface area contributed by atoms with Gasteiger partial charge in [0.15, 0.2) is 5.78 Å². The van der Waals surface area contributed by atoms with Crippen molar-refractivity contribution in [3.63, 3.8) is 0 Å². The summed E-state index contributed by atoms with van der Waals surface area (Å²) >= 11 is 0. The smallest absolute Gasteiger partial charge is 0.371 e. The highest BCUT2D eigenvalue weighted by atomic mass is 19.4. The molecule has 7 heteroatoms. The van der Waals surface area contributed by atoms with Gasteiger partial charge in [-0.3, -0.25) is 9.59 Å². The largest absolute Gasteiger partial charge is 0.416 e. The lowest BCUT2D eigenvalue weighted by Crippen LogP contribution is -2.35. The number of hydrogen-bond acceptors (Lipinski definition) is 3. The third-order valence-corrected chi connectivity index (χ3v) is 4.70. The molecule has 1 aromatic rings. The fraction of sp³-hybridized carbons (Fsp3) is 0.467. The Bertz CT molecular complexity index is 627. The van der Waals surface area contributed by atoms with Crippen LogP contribution in [0.3, 0.4) is 0 Å². The van der Waals surface area contributed by atoms with Gasteiger partial charge in [0, 0.05) is 25.2 Å². The first-order chi connectivity index (χ1) is 10.2. The van der Waals surface area contributed by atoms with Gasteiger partial charge < -0.3 is 10.6 Å². The highest BCUT2D eigenvalue weighted by Crippen LogP contribution is 2.51. The van der Waals surface area contributed by atoms with Gasteiger partial charge in [0.05, 0.1) is 5.56 Å². The third kappa shape index (κ3) is 2.24. The topological polar surface area (TPSA) is 63.4 Å². The Balaban J connectivity index is 1.73. The summed E-state index contributed by atoms with van der Waals surface area (Å²) < 4.78 is 37.7. The van der Waals surface area contributed by atoms with E-state index >= 15 is 0 Å². The predicted molar refractivity (Wildman–Crippen MR) is 73.0 cm³/mol. The molecule has 2 fully saturated rings. The van der Waals surface area contributed by atoms with Gasteiger partial charge >= 0.3 is 6.18 Å². The van der Waals surface area contributed by atoms with Crippen LogP contribution in [0.1, 0.15) is 18.4 Å². The van der Waals surface area contributed by atoms with Gasteiger partial charge in [-0.2, -0.15) is 13.2 Å². The summed E-state index contributed by atoms with van der Waals surface area (Å²) in [6.07, 6.45) is -3.54. The molecule has 1 saturated heterocycles. The molecule has 0 radical (unpaired) electrons. The molecule has 1 aliphatic carbocycles. The fourth-order valence-corrected chi connectivity index (χ4v) is 3.27. The minimum Gasteiger partial charge on any atom is -0.371 e.